The Balaban J connectivity index is 1.90. The minimum atomic E-state index is 0.541. The smallest absolute Gasteiger partial charge is 0.134 e. The van der Waals surface area contributed by atoms with Crippen LogP contribution in [-0.2, 0) is 0 Å². The van der Waals surface area contributed by atoms with Gasteiger partial charge < -0.3 is 10.1 Å². The monoisotopic (exact) mass is 274 g/mol. The van der Waals surface area contributed by atoms with Crippen LogP contribution in [0.15, 0.2) is 30.5 Å². The van der Waals surface area contributed by atoms with Gasteiger partial charge in [0, 0.05) is 23.4 Å². The molecule has 1 aromatic heterocycles. The third-order valence-corrected chi connectivity index (χ3v) is 4.69. The number of rotatable bonds is 3. The van der Waals surface area contributed by atoms with Crippen LogP contribution >= 0.6 is 11.8 Å². The average molecular weight is 274 g/mol. The molecule has 2 aromatic rings. The minimum Gasteiger partial charge on any atom is -0.497 e. The zero-order valence-electron chi connectivity index (χ0n) is 11.1. The van der Waals surface area contributed by atoms with Gasteiger partial charge in [0.15, 0.2) is 0 Å². The van der Waals surface area contributed by atoms with Crippen molar-refractivity contribution < 1.29 is 4.74 Å². The highest BCUT2D eigenvalue weighted by molar-refractivity contribution is 7.99. The van der Waals surface area contributed by atoms with Crippen molar-refractivity contribution in [3.63, 3.8) is 0 Å². The molecule has 0 aliphatic carbocycles. The average Bonchev–Trinajstić information content (AvgIpc) is 2.48. The van der Waals surface area contributed by atoms with E-state index in [2.05, 4.69) is 22.4 Å². The maximum absolute atomic E-state index is 5.27. The fraction of sp³-hybridized carbons (Fsp3) is 0.400. The first kappa shape index (κ1) is 12.6. The number of fused-ring (bicyclic) bond motifs is 1. The SMILES string of the molecule is COc1ccc2c(NC3CCCSC3)nccc2c1. The van der Waals surface area contributed by atoms with Crippen LogP contribution in [0.5, 0.6) is 5.75 Å². The highest BCUT2D eigenvalue weighted by Gasteiger charge is 2.15. The summed E-state index contributed by atoms with van der Waals surface area (Å²) in [6.07, 6.45) is 4.39. The van der Waals surface area contributed by atoms with Gasteiger partial charge in [-0.1, -0.05) is 0 Å². The molecule has 100 valence electrons. The minimum absolute atomic E-state index is 0.541. The molecule has 3 nitrogen and oxygen atoms in total. The molecule has 2 heterocycles. The molecule has 1 aliphatic heterocycles. The lowest BCUT2D eigenvalue weighted by Crippen LogP contribution is -2.26. The van der Waals surface area contributed by atoms with Gasteiger partial charge in [-0.05, 0) is 48.2 Å². The summed E-state index contributed by atoms with van der Waals surface area (Å²) >= 11 is 2.02. The van der Waals surface area contributed by atoms with E-state index in [9.17, 15) is 0 Å². The Morgan fingerprint density at radius 3 is 3.11 bits per heavy atom. The zero-order valence-corrected chi connectivity index (χ0v) is 11.9. The largest absolute Gasteiger partial charge is 0.497 e. The summed E-state index contributed by atoms with van der Waals surface area (Å²) in [5, 5.41) is 5.92. The van der Waals surface area contributed by atoms with Gasteiger partial charge in [-0.15, -0.1) is 0 Å². The van der Waals surface area contributed by atoms with Crippen molar-refractivity contribution in [1.29, 1.82) is 0 Å². The maximum atomic E-state index is 5.27. The summed E-state index contributed by atoms with van der Waals surface area (Å²) in [6, 6.07) is 8.69. The van der Waals surface area contributed by atoms with Crippen molar-refractivity contribution in [3.05, 3.63) is 30.5 Å². The molecule has 0 saturated carbocycles. The van der Waals surface area contributed by atoms with Crippen LogP contribution in [0.25, 0.3) is 10.8 Å². The third-order valence-electron chi connectivity index (χ3n) is 3.47. The lowest BCUT2D eigenvalue weighted by molar-refractivity contribution is 0.415. The predicted octanol–water partition coefficient (Wildman–Crippen LogP) is 3.55. The van der Waals surface area contributed by atoms with Gasteiger partial charge in [0.2, 0.25) is 0 Å². The van der Waals surface area contributed by atoms with E-state index in [0.29, 0.717) is 6.04 Å². The topological polar surface area (TPSA) is 34.1 Å². The van der Waals surface area contributed by atoms with Crippen LogP contribution in [0.1, 0.15) is 12.8 Å². The van der Waals surface area contributed by atoms with Crippen molar-refractivity contribution in [2.24, 2.45) is 0 Å². The number of hydrogen-bond acceptors (Lipinski definition) is 4. The Hall–Kier alpha value is -1.42. The van der Waals surface area contributed by atoms with Crippen LogP contribution in [0, 0.1) is 0 Å². The van der Waals surface area contributed by atoms with Gasteiger partial charge >= 0.3 is 0 Å². The Morgan fingerprint density at radius 1 is 1.37 bits per heavy atom. The molecule has 0 amide bonds. The summed E-state index contributed by atoms with van der Waals surface area (Å²) in [5.74, 6) is 4.34. The number of nitrogens with one attached hydrogen (secondary N) is 1. The highest BCUT2D eigenvalue weighted by Crippen LogP contribution is 2.27. The Morgan fingerprint density at radius 2 is 2.32 bits per heavy atom. The predicted molar refractivity (Wildman–Crippen MR) is 82.3 cm³/mol. The molecular weight excluding hydrogens is 256 g/mol. The quantitative estimate of drug-likeness (QED) is 0.928. The number of nitrogens with zero attached hydrogens (tertiary/aromatic N) is 1. The Kier molecular flexibility index (Phi) is 3.78. The van der Waals surface area contributed by atoms with E-state index < -0.39 is 0 Å². The summed E-state index contributed by atoms with van der Waals surface area (Å²) in [5.41, 5.74) is 0. The number of thioether (sulfide) groups is 1. The summed E-state index contributed by atoms with van der Waals surface area (Å²) in [7, 11) is 1.70. The third kappa shape index (κ3) is 2.78. The summed E-state index contributed by atoms with van der Waals surface area (Å²) < 4.78 is 5.27. The molecule has 1 aromatic carbocycles. The lowest BCUT2D eigenvalue weighted by Gasteiger charge is -2.23. The molecule has 1 aliphatic rings. The van der Waals surface area contributed by atoms with Crippen molar-refractivity contribution in [1.82, 2.24) is 4.98 Å². The molecule has 0 bridgehead atoms. The molecule has 4 heteroatoms. The van der Waals surface area contributed by atoms with E-state index >= 15 is 0 Å². The van der Waals surface area contributed by atoms with Crippen LogP contribution in [0.4, 0.5) is 5.82 Å². The van der Waals surface area contributed by atoms with E-state index in [1.54, 1.807) is 7.11 Å². The molecule has 3 rings (SSSR count). The van der Waals surface area contributed by atoms with Crippen LogP contribution in [0.3, 0.4) is 0 Å². The normalized spacial score (nSPS) is 19.3. The first-order valence-corrected chi connectivity index (χ1v) is 7.79. The molecule has 0 spiro atoms. The van der Waals surface area contributed by atoms with E-state index in [-0.39, 0.29) is 0 Å². The van der Waals surface area contributed by atoms with Crippen molar-refractivity contribution in [2.45, 2.75) is 18.9 Å². The number of aromatic nitrogens is 1. The molecule has 1 unspecified atom stereocenters. The van der Waals surface area contributed by atoms with Gasteiger partial charge in [0.1, 0.15) is 11.6 Å². The number of ether oxygens (including phenoxy) is 1. The number of anilines is 1. The lowest BCUT2D eigenvalue weighted by atomic mass is 10.1. The summed E-state index contributed by atoms with van der Waals surface area (Å²) in [6.45, 7) is 0. The highest BCUT2D eigenvalue weighted by atomic mass is 32.2. The van der Waals surface area contributed by atoms with E-state index in [1.165, 1.54) is 35.1 Å². The maximum Gasteiger partial charge on any atom is 0.134 e. The van der Waals surface area contributed by atoms with Gasteiger partial charge in [-0.25, -0.2) is 4.98 Å². The second kappa shape index (κ2) is 5.70. The van der Waals surface area contributed by atoms with Crippen molar-refractivity contribution >= 4 is 28.4 Å². The van der Waals surface area contributed by atoms with Crippen LogP contribution in [-0.4, -0.2) is 29.6 Å². The molecule has 19 heavy (non-hydrogen) atoms. The van der Waals surface area contributed by atoms with Gasteiger partial charge in [0.25, 0.3) is 0 Å². The number of pyridine rings is 1. The molecule has 1 saturated heterocycles. The number of benzene rings is 1. The van der Waals surface area contributed by atoms with E-state index in [0.717, 1.165) is 11.6 Å². The fourth-order valence-electron chi connectivity index (χ4n) is 2.45. The Bertz CT molecular complexity index is 567. The van der Waals surface area contributed by atoms with Gasteiger partial charge in [-0.3, -0.25) is 0 Å². The van der Waals surface area contributed by atoms with Crippen LogP contribution in [0.2, 0.25) is 0 Å². The fourth-order valence-corrected chi connectivity index (χ4v) is 3.52. The van der Waals surface area contributed by atoms with Gasteiger partial charge in [0.05, 0.1) is 7.11 Å². The molecule has 0 radical (unpaired) electrons. The molecule has 1 fully saturated rings. The molecular formula is C15H18N2OS. The van der Waals surface area contributed by atoms with Crippen molar-refractivity contribution in [2.75, 3.05) is 23.9 Å². The summed E-state index contributed by atoms with van der Waals surface area (Å²) in [4.78, 5) is 4.50. The first-order valence-electron chi connectivity index (χ1n) is 6.64. The Labute approximate surface area is 117 Å². The van der Waals surface area contributed by atoms with Crippen molar-refractivity contribution in [3.8, 4) is 5.75 Å². The molecule has 1 N–H and O–H groups in total. The van der Waals surface area contributed by atoms with Crippen LogP contribution < -0.4 is 10.1 Å². The second-order valence-electron chi connectivity index (χ2n) is 4.81. The van der Waals surface area contributed by atoms with Gasteiger partial charge in [-0.2, -0.15) is 11.8 Å². The van der Waals surface area contributed by atoms with E-state index in [4.69, 9.17) is 4.74 Å². The number of methoxy groups -OCH3 is 1. The standard InChI is InChI=1S/C15H18N2OS/c1-18-13-4-5-14-11(9-13)6-7-16-15(14)17-12-3-2-8-19-10-12/h4-7,9,12H,2-3,8,10H2,1H3,(H,16,17). The van der Waals surface area contributed by atoms with E-state index in [1.807, 2.05) is 30.1 Å². The second-order valence-corrected chi connectivity index (χ2v) is 5.95. The first-order chi connectivity index (χ1) is 9.36. The zero-order chi connectivity index (χ0) is 13.1. The molecule has 1 atom stereocenters. The number of hydrogen-bond donors (Lipinski definition) is 1.